The van der Waals surface area contributed by atoms with E-state index < -0.39 is 16.9 Å². The summed E-state index contributed by atoms with van der Waals surface area (Å²) in [5.74, 6) is -1.08. The number of aliphatic carboxylic acids is 1. The summed E-state index contributed by atoms with van der Waals surface area (Å²) in [7, 11) is 0. The van der Waals surface area contributed by atoms with Gasteiger partial charge >= 0.3 is 11.7 Å². The highest BCUT2D eigenvalue weighted by Gasteiger charge is 2.21. The van der Waals surface area contributed by atoms with Gasteiger partial charge in [-0.3, -0.25) is 19.9 Å². The number of nitrogens with one attached hydrogen (secondary N) is 1. The predicted octanol–water partition coefficient (Wildman–Crippen LogP) is 2.03. The molecule has 0 fully saturated rings. The van der Waals surface area contributed by atoms with Gasteiger partial charge in [-0.1, -0.05) is 0 Å². The number of carbonyl (C=O) groups is 1. The van der Waals surface area contributed by atoms with Crippen molar-refractivity contribution in [3.05, 3.63) is 40.6 Å². The van der Waals surface area contributed by atoms with E-state index in [2.05, 4.69) is 10.3 Å². The first-order valence-corrected chi connectivity index (χ1v) is 5.52. The highest BCUT2D eigenvalue weighted by atomic mass is 16.6. The molecule has 0 aliphatic carbocycles. The van der Waals surface area contributed by atoms with Gasteiger partial charge in [-0.25, -0.2) is 0 Å². The van der Waals surface area contributed by atoms with Crippen LogP contribution in [0.1, 0.15) is 6.92 Å². The molecule has 7 heteroatoms. The first kappa shape index (κ1) is 12.7. The Morgan fingerprint density at radius 1 is 1.47 bits per heavy atom. The van der Waals surface area contributed by atoms with Gasteiger partial charge in [0.25, 0.3) is 0 Å². The van der Waals surface area contributed by atoms with E-state index in [1.165, 1.54) is 13.0 Å². The second kappa shape index (κ2) is 4.89. The molecule has 0 radical (unpaired) electrons. The van der Waals surface area contributed by atoms with E-state index in [-0.39, 0.29) is 11.4 Å². The number of hydrogen-bond acceptors (Lipinski definition) is 5. The quantitative estimate of drug-likeness (QED) is 0.644. The Morgan fingerprint density at radius 3 is 2.84 bits per heavy atom. The third-order valence-electron chi connectivity index (χ3n) is 2.68. The summed E-state index contributed by atoms with van der Waals surface area (Å²) in [6, 6.07) is 5.33. The lowest BCUT2D eigenvalue weighted by Crippen LogP contribution is -2.25. The fourth-order valence-electron chi connectivity index (χ4n) is 1.75. The molecule has 19 heavy (non-hydrogen) atoms. The molecule has 2 aromatic rings. The van der Waals surface area contributed by atoms with Crippen molar-refractivity contribution in [2.24, 2.45) is 0 Å². The monoisotopic (exact) mass is 261 g/mol. The lowest BCUT2D eigenvalue weighted by atomic mass is 10.1. The molecule has 1 atom stereocenters. The average Bonchev–Trinajstić information content (AvgIpc) is 2.37. The molecule has 0 aliphatic heterocycles. The normalized spacial score (nSPS) is 12.1. The van der Waals surface area contributed by atoms with Gasteiger partial charge in [-0.05, 0) is 31.2 Å². The third-order valence-corrected chi connectivity index (χ3v) is 2.68. The number of benzene rings is 1. The highest BCUT2D eigenvalue weighted by Crippen LogP contribution is 2.32. The van der Waals surface area contributed by atoms with E-state index in [0.717, 1.165) is 0 Å². The molecule has 1 aromatic carbocycles. The fraction of sp³-hybridized carbons (Fsp3) is 0.167. The molecular formula is C12H11N3O4. The van der Waals surface area contributed by atoms with Crippen LogP contribution >= 0.6 is 0 Å². The number of rotatable bonds is 4. The zero-order chi connectivity index (χ0) is 14.0. The van der Waals surface area contributed by atoms with Gasteiger partial charge < -0.3 is 10.4 Å². The van der Waals surface area contributed by atoms with Crippen molar-refractivity contribution in [2.45, 2.75) is 13.0 Å². The van der Waals surface area contributed by atoms with Gasteiger partial charge in [0, 0.05) is 6.20 Å². The van der Waals surface area contributed by atoms with Crippen LogP contribution in [0.2, 0.25) is 0 Å². The summed E-state index contributed by atoms with van der Waals surface area (Å²) in [4.78, 5) is 25.5. The second-order valence-electron chi connectivity index (χ2n) is 3.99. The van der Waals surface area contributed by atoms with Crippen LogP contribution in [0.5, 0.6) is 0 Å². The minimum absolute atomic E-state index is 0.167. The van der Waals surface area contributed by atoms with E-state index >= 15 is 0 Å². The molecule has 98 valence electrons. The number of carboxylic acid groups (broad SMARTS) is 1. The molecule has 0 amide bonds. The van der Waals surface area contributed by atoms with Gasteiger partial charge in [0.15, 0.2) is 0 Å². The summed E-state index contributed by atoms with van der Waals surface area (Å²) < 4.78 is 0. The Hall–Kier alpha value is -2.70. The van der Waals surface area contributed by atoms with Gasteiger partial charge in [0.2, 0.25) is 0 Å². The van der Waals surface area contributed by atoms with Crippen LogP contribution in [0.3, 0.4) is 0 Å². The van der Waals surface area contributed by atoms with Crippen molar-refractivity contribution in [1.82, 2.24) is 4.98 Å². The van der Waals surface area contributed by atoms with Crippen molar-refractivity contribution in [2.75, 3.05) is 5.32 Å². The molecular weight excluding hydrogens is 250 g/mol. The molecule has 0 saturated carbocycles. The summed E-state index contributed by atoms with van der Waals surface area (Å²) in [6.45, 7) is 1.42. The Balaban J connectivity index is 2.58. The first-order chi connectivity index (χ1) is 9.00. The van der Waals surface area contributed by atoms with Crippen LogP contribution in [0.15, 0.2) is 30.5 Å². The number of anilines is 1. The maximum absolute atomic E-state index is 11.2. The van der Waals surface area contributed by atoms with Crippen LogP contribution in [-0.4, -0.2) is 27.0 Å². The number of aromatic nitrogens is 1. The van der Waals surface area contributed by atoms with Crippen molar-refractivity contribution in [3.63, 3.8) is 0 Å². The zero-order valence-corrected chi connectivity index (χ0v) is 10.0. The molecule has 7 nitrogen and oxygen atoms in total. The van der Waals surface area contributed by atoms with Crippen molar-refractivity contribution in [1.29, 1.82) is 0 Å². The Morgan fingerprint density at radius 2 is 2.21 bits per heavy atom. The van der Waals surface area contributed by atoms with E-state index in [0.29, 0.717) is 10.9 Å². The van der Waals surface area contributed by atoms with E-state index in [9.17, 15) is 14.9 Å². The largest absolute Gasteiger partial charge is 0.480 e. The number of nitro benzene ring substituents is 1. The van der Waals surface area contributed by atoms with Crippen LogP contribution in [-0.2, 0) is 4.79 Å². The summed E-state index contributed by atoms with van der Waals surface area (Å²) in [5, 5.41) is 23.0. The second-order valence-corrected chi connectivity index (χ2v) is 3.99. The number of nitro groups is 1. The maximum atomic E-state index is 11.2. The van der Waals surface area contributed by atoms with Gasteiger partial charge in [0.1, 0.15) is 11.7 Å². The summed E-state index contributed by atoms with van der Waals surface area (Å²) >= 11 is 0. The topological polar surface area (TPSA) is 105 Å². The number of hydrogen-bond donors (Lipinski definition) is 2. The number of fused-ring (bicyclic) bond motifs is 1. The lowest BCUT2D eigenvalue weighted by Gasteiger charge is -2.11. The maximum Gasteiger partial charge on any atom is 0.325 e. The molecule has 2 rings (SSSR count). The molecule has 0 saturated heterocycles. The summed E-state index contributed by atoms with van der Waals surface area (Å²) in [5.41, 5.74) is 0.488. The SMILES string of the molecule is CC(Nc1ccc2ncccc2c1[N+](=O)[O-])C(=O)O. The lowest BCUT2D eigenvalue weighted by molar-refractivity contribution is -0.382. The molecule has 1 heterocycles. The Kier molecular flexibility index (Phi) is 3.28. The molecule has 1 unspecified atom stereocenters. The van der Waals surface area contributed by atoms with Crippen molar-refractivity contribution in [3.8, 4) is 0 Å². The van der Waals surface area contributed by atoms with Crippen molar-refractivity contribution < 1.29 is 14.8 Å². The van der Waals surface area contributed by atoms with Crippen LogP contribution in [0.4, 0.5) is 11.4 Å². The smallest absolute Gasteiger partial charge is 0.325 e. The molecule has 0 spiro atoms. The molecule has 0 aliphatic rings. The van der Waals surface area contributed by atoms with Gasteiger partial charge in [-0.15, -0.1) is 0 Å². The van der Waals surface area contributed by atoms with Crippen LogP contribution in [0, 0.1) is 10.1 Å². The molecule has 2 N–H and O–H groups in total. The third kappa shape index (κ3) is 2.44. The molecule has 1 aromatic heterocycles. The minimum Gasteiger partial charge on any atom is -0.480 e. The minimum atomic E-state index is -1.08. The Labute approximate surface area is 108 Å². The van der Waals surface area contributed by atoms with Crippen LogP contribution in [0.25, 0.3) is 10.9 Å². The molecule has 0 bridgehead atoms. The highest BCUT2D eigenvalue weighted by molar-refractivity contribution is 5.95. The number of carboxylic acids is 1. The van der Waals surface area contributed by atoms with Gasteiger partial charge in [-0.2, -0.15) is 0 Å². The summed E-state index contributed by atoms with van der Waals surface area (Å²) in [6.07, 6.45) is 1.54. The zero-order valence-electron chi connectivity index (χ0n) is 10.0. The van der Waals surface area contributed by atoms with E-state index in [4.69, 9.17) is 5.11 Å². The predicted molar refractivity (Wildman–Crippen MR) is 69.1 cm³/mol. The van der Waals surface area contributed by atoms with Crippen LogP contribution < -0.4 is 5.32 Å². The first-order valence-electron chi connectivity index (χ1n) is 5.52. The fourth-order valence-corrected chi connectivity index (χ4v) is 1.75. The Bertz CT molecular complexity index is 656. The number of nitrogens with zero attached hydrogens (tertiary/aromatic N) is 2. The van der Waals surface area contributed by atoms with Gasteiger partial charge in [0.05, 0.1) is 15.8 Å². The van der Waals surface area contributed by atoms with E-state index in [1.807, 2.05) is 0 Å². The van der Waals surface area contributed by atoms with E-state index in [1.54, 1.807) is 24.4 Å². The van der Waals surface area contributed by atoms with Crippen molar-refractivity contribution >= 4 is 28.2 Å². The standard InChI is InChI=1S/C12H11N3O4/c1-7(12(16)17)14-10-5-4-9-8(3-2-6-13-9)11(10)15(18)19/h2-7,14H,1H3,(H,16,17). The number of pyridine rings is 1. The average molecular weight is 261 g/mol.